The maximum Gasteiger partial charge on any atom is 0.227 e. The number of carbonyl (C=O) groups is 1. The molecule has 1 N–H and O–H groups in total. The fraction of sp³-hybridized carbons (Fsp3) is 0.273. The second-order valence-corrected chi connectivity index (χ2v) is 4.48. The van der Waals surface area contributed by atoms with Crippen LogP contribution in [0.25, 0.3) is 0 Å². The normalized spacial score (nSPS) is 14.4. The number of hydrogen-bond acceptors (Lipinski definition) is 2. The zero-order valence-corrected chi connectivity index (χ0v) is 9.54. The van der Waals surface area contributed by atoms with Crippen LogP contribution in [0, 0.1) is 17.2 Å². The Labute approximate surface area is 96.2 Å². The van der Waals surface area contributed by atoms with Crippen molar-refractivity contribution in [1.82, 2.24) is 0 Å². The highest BCUT2D eigenvalue weighted by atomic mass is 79.9. The smallest absolute Gasteiger partial charge is 0.227 e. The topological polar surface area (TPSA) is 52.9 Å². The lowest BCUT2D eigenvalue weighted by atomic mass is 10.2. The molecule has 0 spiro atoms. The Morgan fingerprint density at radius 3 is 2.87 bits per heavy atom. The number of amides is 1. The highest BCUT2D eigenvalue weighted by molar-refractivity contribution is 9.10. The van der Waals surface area contributed by atoms with Gasteiger partial charge in [0.2, 0.25) is 5.91 Å². The van der Waals surface area contributed by atoms with Crippen LogP contribution in [0.5, 0.6) is 0 Å². The van der Waals surface area contributed by atoms with Crippen LogP contribution in [-0.2, 0) is 4.79 Å². The van der Waals surface area contributed by atoms with Gasteiger partial charge in [-0.05, 0) is 31.0 Å². The van der Waals surface area contributed by atoms with Crippen molar-refractivity contribution in [2.24, 2.45) is 5.92 Å². The molecule has 1 saturated carbocycles. The summed E-state index contributed by atoms with van der Waals surface area (Å²) in [4.78, 5) is 11.5. The van der Waals surface area contributed by atoms with Gasteiger partial charge in [0.1, 0.15) is 6.07 Å². The van der Waals surface area contributed by atoms with Crippen LogP contribution in [0.1, 0.15) is 18.4 Å². The predicted molar refractivity (Wildman–Crippen MR) is 60.2 cm³/mol. The van der Waals surface area contributed by atoms with Crippen LogP contribution >= 0.6 is 15.9 Å². The molecule has 1 amide bonds. The van der Waals surface area contributed by atoms with E-state index in [-0.39, 0.29) is 11.8 Å². The summed E-state index contributed by atoms with van der Waals surface area (Å²) in [5.74, 6) is 0.175. The van der Waals surface area contributed by atoms with Gasteiger partial charge in [0.15, 0.2) is 0 Å². The zero-order chi connectivity index (χ0) is 10.8. The molecule has 0 atom stereocenters. The minimum Gasteiger partial charge on any atom is -0.325 e. The lowest BCUT2D eigenvalue weighted by Gasteiger charge is -2.06. The first kappa shape index (κ1) is 10.2. The van der Waals surface area contributed by atoms with E-state index in [1.54, 1.807) is 12.1 Å². The number of rotatable bonds is 2. The molecule has 4 heteroatoms. The molecule has 0 bridgehead atoms. The molecular formula is C11H9BrN2O. The fourth-order valence-electron chi connectivity index (χ4n) is 1.30. The molecule has 0 aliphatic heterocycles. The molecule has 0 aromatic heterocycles. The van der Waals surface area contributed by atoms with E-state index >= 15 is 0 Å². The number of carbonyl (C=O) groups excluding carboxylic acids is 1. The van der Waals surface area contributed by atoms with Gasteiger partial charge in [-0.2, -0.15) is 5.26 Å². The van der Waals surface area contributed by atoms with E-state index in [9.17, 15) is 4.79 Å². The molecule has 1 aromatic carbocycles. The molecular weight excluding hydrogens is 256 g/mol. The molecule has 1 aromatic rings. The quantitative estimate of drug-likeness (QED) is 0.893. The highest BCUT2D eigenvalue weighted by Gasteiger charge is 2.29. The number of nitrogens with one attached hydrogen (secondary N) is 1. The van der Waals surface area contributed by atoms with E-state index < -0.39 is 0 Å². The van der Waals surface area contributed by atoms with Crippen molar-refractivity contribution in [2.75, 3.05) is 5.32 Å². The van der Waals surface area contributed by atoms with Crippen molar-refractivity contribution in [3.05, 3.63) is 28.2 Å². The van der Waals surface area contributed by atoms with E-state index in [0.717, 1.165) is 17.3 Å². The Kier molecular flexibility index (Phi) is 2.74. The molecule has 2 rings (SSSR count). The number of halogens is 1. The first-order chi connectivity index (χ1) is 7.20. The minimum absolute atomic E-state index is 0.0221. The molecule has 0 heterocycles. The third-order valence-electron chi connectivity index (χ3n) is 2.31. The van der Waals surface area contributed by atoms with Crippen molar-refractivity contribution >= 4 is 27.5 Å². The summed E-state index contributed by atoms with van der Waals surface area (Å²) in [6.07, 6.45) is 1.93. The largest absolute Gasteiger partial charge is 0.325 e. The van der Waals surface area contributed by atoms with Crippen LogP contribution in [0.4, 0.5) is 5.69 Å². The lowest BCUT2D eigenvalue weighted by molar-refractivity contribution is -0.117. The van der Waals surface area contributed by atoms with Crippen molar-refractivity contribution in [3.63, 3.8) is 0 Å². The molecule has 0 saturated heterocycles. The third-order valence-corrected chi connectivity index (χ3v) is 2.80. The summed E-state index contributed by atoms with van der Waals surface area (Å²) >= 11 is 3.28. The lowest BCUT2D eigenvalue weighted by Crippen LogP contribution is -2.14. The van der Waals surface area contributed by atoms with E-state index in [2.05, 4.69) is 27.3 Å². The number of hydrogen-bond donors (Lipinski definition) is 1. The van der Waals surface area contributed by atoms with Crippen molar-refractivity contribution in [2.45, 2.75) is 12.8 Å². The number of nitriles is 1. The first-order valence-electron chi connectivity index (χ1n) is 4.71. The molecule has 1 aliphatic carbocycles. The summed E-state index contributed by atoms with van der Waals surface area (Å²) in [6.45, 7) is 0. The van der Waals surface area contributed by atoms with Crippen LogP contribution in [0.2, 0.25) is 0 Å². The van der Waals surface area contributed by atoms with Gasteiger partial charge in [-0.1, -0.05) is 15.9 Å². The van der Waals surface area contributed by atoms with Crippen LogP contribution < -0.4 is 5.32 Å². The van der Waals surface area contributed by atoms with Crippen molar-refractivity contribution < 1.29 is 4.79 Å². The maximum absolute atomic E-state index is 11.5. The summed E-state index contributed by atoms with van der Waals surface area (Å²) in [5.41, 5.74) is 1.08. The second kappa shape index (κ2) is 4.03. The van der Waals surface area contributed by atoms with Gasteiger partial charge >= 0.3 is 0 Å². The summed E-state index contributed by atoms with van der Waals surface area (Å²) in [7, 11) is 0. The first-order valence-corrected chi connectivity index (χ1v) is 5.50. The standard InChI is InChI=1S/C11H9BrN2O/c12-9-3-4-10(8(5-9)6-13)14-11(15)7-1-2-7/h3-5,7H,1-2H2,(H,14,15). The van der Waals surface area contributed by atoms with E-state index in [1.807, 2.05) is 6.07 Å². The minimum atomic E-state index is 0.0221. The summed E-state index contributed by atoms with van der Waals surface area (Å²) in [6, 6.07) is 7.30. The molecule has 0 unspecified atom stereocenters. The molecule has 1 fully saturated rings. The van der Waals surface area contributed by atoms with Gasteiger partial charge in [-0.25, -0.2) is 0 Å². The van der Waals surface area contributed by atoms with Crippen LogP contribution in [0.15, 0.2) is 22.7 Å². The number of anilines is 1. The average molecular weight is 265 g/mol. The maximum atomic E-state index is 11.5. The van der Waals surface area contributed by atoms with E-state index in [4.69, 9.17) is 5.26 Å². The Balaban J connectivity index is 2.20. The van der Waals surface area contributed by atoms with Gasteiger partial charge in [0.05, 0.1) is 11.3 Å². The van der Waals surface area contributed by atoms with Gasteiger partial charge in [0.25, 0.3) is 0 Å². The Hall–Kier alpha value is -1.34. The third kappa shape index (κ3) is 2.37. The molecule has 3 nitrogen and oxygen atoms in total. The monoisotopic (exact) mass is 264 g/mol. The Morgan fingerprint density at radius 1 is 1.53 bits per heavy atom. The fourth-order valence-corrected chi connectivity index (χ4v) is 1.66. The predicted octanol–water partition coefficient (Wildman–Crippen LogP) is 2.67. The van der Waals surface area contributed by atoms with Gasteiger partial charge < -0.3 is 5.32 Å². The van der Waals surface area contributed by atoms with E-state index in [0.29, 0.717) is 11.3 Å². The Morgan fingerprint density at radius 2 is 2.27 bits per heavy atom. The molecule has 1 aliphatic rings. The Bertz CT molecular complexity index is 446. The van der Waals surface area contributed by atoms with Gasteiger partial charge in [0, 0.05) is 10.4 Å². The highest BCUT2D eigenvalue weighted by Crippen LogP contribution is 2.31. The van der Waals surface area contributed by atoms with Gasteiger partial charge in [-0.3, -0.25) is 4.79 Å². The van der Waals surface area contributed by atoms with Crippen molar-refractivity contribution in [1.29, 1.82) is 5.26 Å². The van der Waals surface area contributed by atoms with Crippen LogP contribution in [-0.4, -0.2) is 5.91 Å². The number of nitrogens with zero attached hydrogens (tertiary/aromatic N) is 1. The summed E-state index contributed by atoms with van der Waals surface area (Å²) < 4.78 is 0.837. The zero-order valence-electron chi connectivity index (χ0n) is 7.96. The van der Waals surface area contributed by atoms with Crippen molar-refractivity contribution in [3.8, 4) is 6.07 Å². The number of benzene rings is 1. The second-order valence-electron chi connectivity index (χ2n) is 3.57. The van der Waals surface area contributed by atoms with Crippen LogP contribution in [0.3, 0.4) is 0 Å². The SMILES string of the molecule is N#Cc1cc(Br)ccc1NC(=O)C1CC1. The summed E-state index contributed by atoms with van der Waals surface area (Å²) in [5, 5.41) is 11.7. The molecule has 15 heavy (non-hydrogen) atoms. The van der Waals surface area contributed by atoms with Gasteiger partial charge in [-0.15, -0.1) is 0 Å². The average Bonchev–Trinajstić information content (AvgIpc) is 3.04. The molecule has 0 radical (unpaired) electrons. The van der Waals surface area contributed by atoms with E-state index in [1.165, 1.54) is 0 Å². The molecule has 76 valence electrons.